The summed E-state index contributed by atoms with van der Waals surface area (Å²) in [4.78, 5) is 11.9. The van der Waals surface area contributed by atoms with Gasteiger partial charge in [0.05, 0.1) is 0 Å². The molecule has 1 unspecified atom stereocenters. The van der Waals surface area contributed by atoms with Gasteiger partial charge in [-0.1, -0.05) is 42.5 Å². The summed E-state index contributed by atoms with van der Waals surface area (Å²) in [6.45, 7) is 1.84. The molecule has 0 saturated carbocycles. The number of rotatable bonds is 6. The zero-order valence-electron chi connectivity index (χ0n) is 12.0. The van der Waals surface area contributed by atoms with Crippen molar-refractivity contribution in [2.75, 3.05) is 5.32 Å². The maximum atomic E-state index is 11.9. The molecule has 0 fully saturated rings. The van der Waals surface area contributed by atoms with Gasteiger partial charge >= 0.3 is 0 Å². The number of carbonyl (C=O) groups excluding carboxylic acids is 1. The van der Waals surface area contributed by atoms with Gasteiger partial charge in [-0.3, -0.25) is 4.79 Å². The fourth-order valence-corrected chi connectivity index (χ4v) is 2.53. The van der Waals surface area contributed by atoms with E-state index in [1.807, 2.05) is 49.4 Å². The third-order valence-corrected chi connectivity index (χ3v) is 4.28. The van der Waals surface area contributed by atoms with Gasteiger partial charge in [0.1, 0.15) is 5.54 Å². The van der Waals surface area contributed by atoms with Crippen LogP contribution < -0.4 is 11.1 Å². The molecule has 3 nitrogen and oxygen atoms in total. The van der Waals surface area contributed by atoms with Crippen LogP contribution in [-0.4, -0.2) is 11.4 Å². The molecule has 0 aliphatic heterocycles. The first kappa shape index (κ1) is 15.6. The summed E-state index contributed by atoms with van der Waals surface area (Å²) in [5, 5.41) is 3.27. The second kappa shape index (κ2) is 6.76. The van der Waals surface area contributed by atoms with Gasteiger partial charge in [-0.2, -0.15) is 0 Å². The highest BCUT2D eigenvalue weighted by molar-refractivity contribution is 9.10. The Morgan fingerprint density at radius 3 is 2.38 bits per heavy atom. The van der Waals surface area contributed by atoms with Crippen molar-refractivity contribution in [1.82, 2.24) is 0 Å². The Bertz CT molecular complexity index is 615. The average Bonchev–Trinajstić information content (AvgIpc) is 2.48. The van der Waals surface area contributed by atoms with Gasteiger partial charge in [-0.15, -0.1) is 0 Å². The number of nitrogens with two attached hydrogens (primary N) is 1. The Kier molecular flexibility index (Phi) is 5.02. The van der Waals surface area contributed by atoms with E-state index in [2.05, 4.69) is 33.4 Å². The minimum absolute atomic E-state index is 0.353. The predicted molar refractivity (Wildman–Crippen MR) is 90.1 cm³/mol. The first-order chi connectivity index (χ1) is 10.0. The minimum atomic E-state index is -0.792. The summed E-state index contributed by atoms with van der Waals surface area (Å²) >= 11 is 3.48. The average molecular weight is 347 g/mol. The van der Waals surface area contributed by atoms with Crippen LogP contribution in [0.5, 0.6) is 0 Å². The van der Waals surface area contributed by atoms with E-state index in [-0.39, 0.29) is 5.91 Å². The summed E-state index contributed by atoms with van der Waals surface area (Å²) in [5.74, 6) is -0.353. The van der Waals surface area contributed by atoms with Gasteiger partial charge in [-0.25, -0.2) is 0 Å². The molecule has 0 spiro atoms. The molecule has 110 valence electrons. The van der Waals surface area contributed by atoms with Crippen molar-refractivity contribution in [1.29, 1.82) is 0 Å². The number of hydrogen-bond acceptors (Lipinski definition) is 2. The molecule has 2 rings (SSSR count). The molecule has 2 aromatic carbocycles. The maximum absolute atomic E-state index is 11.9. The Labute approximate surface area is 133 Å². The molecule has 0 aliphatic carbocycles. The summed E-state index contributed by atoms with van der Waals surface area (Å²) < 4.78 is 0.914. The van der Waals surface area contributed by atoms with Crippen LogP contribution in [-0.2, 0) is 11.2 Å². The number of para-hydroxylation sites is 1. The highest BCUT2D eigenvalue weighted by Crippen LogP contribution is 2.27. The summed E-state index contributed by atoms with van der Waals surface area (Å²) in [6.07, 6.45) is 1.42. The molecule has 4 heteroatoms. The van der Waals surface area contributed by atoms with Crippen LogP contribution in [0.3, 0.4) is 0 Å². The fraction of sp³-hybridized carbons (Fsp3) is 0.235. The number of hydrogen-bond donors (Lipinski definition) is 2. The monoisotopic (exact) mass is 346 g/mol. The smallest absolute Gasteiger partial charge is 0.242 e. The molecule has 21 heavy (non-hydrogen) atoms. The maximum Gasteiger partial charge on any atom is 0.242 e. The zero-order valence-corrected chi connectivity index (χ0v) is 13.6. The number of nitrogens with one attached hydrogen (secondary N) is 1. The first-order valence-electron chi connectivity index (χ1n) is 6.88. The Hall–Kier alpha value is -1.81. The molecule has 0 heterocycles. The summed E-state index contributed by atoms with van der Waals surface area (Å²) in [5.41, 5.74) is 6.89. The van der Waals surface area contributed by atoms with Crippen LogP contribution in [0.4, 0.5) is 5.69 Å². The molecule has 0 radical (unpaired) electrons. The third-order valence-electron chi connectivity index (χ3n) is 3.58. The van der Waals surface area contributed by atoms with Crippen molar-refractivity contribution in [3.05, 3.63) is 64.6 Å². The first-order valence-corrected chi connectivity index (χ1v) is 7.67. The SMILES string of the molecule is CC(CCc1ccccc1)(Nc1ccccc1Br)C(N)=O. The van der Waals surface area contributed by atoms with Crippen LogP contribution >= 0.6 is 15.9 Å². The lowest BCUT2D eigenvalue weighted by molar-refractivity contribution is -0.122. The van der Waals surface area contributed by atoms with E-state index in [0.29, 0.717) is 6.42 Å². The number of aryl methyl sites for hydroxylation is 1. The van der Waals surface area contributed by atoms with Crippen molar-refractivity contribution >= 4 is 27.5 Å². The normalized spacial score (nSPS) is 13.4. The lowest BCUT2D eigenvalue weighted by Gasteiger charge is -2.29. The van der Waals surface area contributed by atoms with Crippen molar-refractivity contribution in [3.63, 3.8) is 0 Å². The van der Waals surface area contributed by atoms with Gasteiger partial charge in [0.15, 0.2) is 0 Å². The number of benzene rings is 2. The van der Waals surface area contributed by atoms with E-state index in [9.17, 15) is 4.79 Å². The molecule has 2 aromatic rings. The van der Waals surface area contributed by atoms with E-state index >= 15 is 0 Å². The minimum Gasteiger partial charge on any atom is -0.371 e. The van der Waals surface area contributed by atoms with E-state index in [4.69, 9.17) is 5.73 Å². The standard InChI is InChI=1S/C17H19BrN2O/c1-17(16(19)21,12-11-13-7-3-2-4-8-13)20-15-10-6-5-9-14(15)18/h2-10,20H,11-12H2,1H3,(H2,19,21). The van der Waals surface area contributed by atoms with Crippen LogP contribution in [0.2, 0.25) is 0 Å². The van der Waals surface area contributed by atoms with Crippen LogP contribution in [0.25, 0.3) is 0 Å². The summed E-state index contributed by atoms with van der Waals surface area (Å²) in [7, 11) is 0. The molecule has 0 aliphatic rings. The fourth-order valence-electron chi connectivity index (χ4n) is 2.15. The van der Waals surface area contributed by atoms with Gasteiger partial charge in [-0.05, 0) is 53.4 Å². The van der Waals surface area contributed by atoms with Crippen LogP contribution in [0, 0.1) is 0 Å². The molecule has 1 amide bonds. The topological polar surface area (TPSA) is 55.1 Å². The molecule has 3 N–H and O–H groups in total. The Morgan fingerprint density at radius 2 is 1.76 bits per heavy atom. The highest BCUT2D eigenvalue weighted by Gasteiger charge is 2.31. The number of anilines is 1. The van der Waals surface area contributed by atoms with Crippen LogP contribution in [0.1, 0.15) is 18.9 Å². The lowest BCUT2D eigenvalue weighted by Crippen LogP contribution is -2.48. The molecule has 1 atom stereocenters. The van der Waals surface area contributed by atoms with Gasteiger partial charge < -0.3 is 11.1 Å². The Balaban J connectivity index is 2.13. The highest BCUT2D eigenvalue weighted by atomic mass is 79.9. The molecule has 0 aromatic heterocycles. The number of amides is 1. The lowest BCUT2D eigenvalue weighted by atomic mass is 9.92. The van der Waals surface area contributed by atoms with Crippen molar-refractivity contribution in [2.24, 2.45) is 5.73 Å². The van der Waals surface area contributed by atoms with Gasteiger partial charge in [0.25, 0.3) is 0 Å². The van der Waals surface area contributed by atoms with Gasteiger partial charge in [0, 0.05) is 10.2 Å². The quantitative estimate of drug-likeness (QED) is 0.836. The Morgan fingerprint density at radius 1 is 1.14 bits per heavy atom. The number of primary amides is 1. The van der Waals surface area contributed by atoms with E-state index in [1.165, 1.54) is 5.56 Å². The predicted octanol–water partition coefficient (Wildman–Crippen LogP) is 3.74. The molecule has 0 saturated heterocycles. The largest absolute Gasteiger partial charge is 0.371 e. The number of carbonyl (C=O) groups is 1. The molecular weight excluding hydrogens is 328 g/mol. The van der Waals surface area contributed by atoms with E-state index < -0.39 is 5.54 Å². The summed E-state index contributed by atoms with van der Waals surface area (Å²) in [6, 6.07) is 17.8. The van der Waals surface area contributed by atoms with Crippen molar-refractivity contribution < 1.29 is 4.79 Å². The third kappa shape index (κ3) is 4.08. The van der Waals surface area contributed by atoms with E-state index in [1.54, 1.807) is 0 Å². The second-order valence-corrected chi connectivity index (χ2v) is 6.14. The van der Waals surface area contributed by atoms with Crippen molar-refractivity contribution in [2.45, 2.75) is 25.3 Å². The second-order valence-electron chi connectivity index (χ2n) is 5.29. The van der Waals surface area contributed by atoms with Gasteiger partial charge in [0.2, 0.25) is 5.91 Å². The number of halogens is 1. The van der Waals surface area contributed by atoms with Crippen LogP contribution in [0.15, 0.2) is 59.1 Å². The zero-order chi connectivity index (χ0) is 15.3. The van der Waals surface area contributed by atoms with E-state index in [0.717, 1.165) is 16.6 Å². The molecular formula is C17H19BrN2O. The molecule has 0 bridgehead atoms. The van der Waals surface area contributed by atoms with Crippen molar-refractivity contribution in [3.8, 4) is 0 Å².